The molecule has 0 N–H and O–H groups in total. The fourth-order valence-electron chi connectivity index (χ4n) is 0. The van der Waals surface area contributed by atoms with E-state index in [1.807, 2.05) is 0 Å². The molecule has 0 saturated carbocycles. The van der Waals surface area contributed by atoms with E-state index in [0.29, 0.717) is 0 Å². The van der Waals surface area contributed by atoms with E-state index < -0.39 is 20.1 Å². The second kappa shape index (κ2) is 111. The molecule has 0 bridgehead atoms. The summed E-state index contributed by atoms with van der Waals surface area (Å²) < 4.78 is 34.6. The fourth-order valence-corrected chi connectivity index (χ4v) is 0. The summed E-state index contributed by atoms with van der Waals surface area (Å²) in [5, 5.41) is 0. The summed E-state index contributed by atoms with van der Waals surface area (Å²) in [5.74, 6) is 0. The average molecular weight is 565 g/mol. The molecule has 0 spiro atoms. The van der Waals surface area contributed by atoms with Gasteiger partial charge in [-0.1, -0.05) is 0 Å². The van der Waals surface area contributed by atoms with Crippen LogP contribution in [0.3, 0.4) is 0 Å². The Hall–Kier alpha value is 13.3. The Labute approximate surface area is 431 Å². The third-order valence-electron chi connectivity index (χ3n) is 0. The topological polar surface area (TPSA) is 229 Å². The summed E-state index contributed by atoms with van der Waals surface area (Å²) >= 11 is -6.10. The van der Waals surface area contributed by atoms with Gasteiger partial charge in [-0.2, -0.15) is 0 Å². The van der Waals surface area contributed by atoms with Gasteiger partial charge in [-0.15, -0.1) is 0 Å². The van der Waals surface area contributed by atoms with Gasteiger partial charge in [0.1, 0.15) is 0 Å². The Balaban J connectivity index is -0.000000000523. The molecule has 0 aromatic carbocycles. The van der Waals surface area contributed by atoms with Crippen LogP contribution >= 0.6 is 0 Å². The summed E-state index contributed by atoms with van der Waals surface area (Å²) in [4.78, 5) is 0. The van der Waals surface area contributed by atoms with Crippen LogP contribution in [0.5, 0.6) is 0 Å². The van der Waals surface area contributed by atoms with Crippen LogP contribution in [0.1, 0.15) is 0 Å². The molecule has 9 nitrogen and oxygen atoms in total. The zero-order chi connectivity index (χ0) is 4.50. The molecule has 0 aliphatic heterocycles. The van der Waals surface area contributed by atoms with Gasteiger partial charge in [0.2, 0.25) is 0 Å². The summed E-state index contributed by atoms with van der Waals surface area (Å²) in [6.45, 7) is 0. The van der Waals surface area contributed by atoms with Gasteiger partial charge >= 0.3 is 417 Å². The Morgan fingerprint density at radius 3 is 0.348 bits per heavy atom. The molecule has 72 valence electrons. The van der Waals surface area contributed by atoms with Crippen LogP contribution in [-0.4, -0.2) is 20.1 Å². The van der Waals surface area contributed by atoms with E-state index >= 15 is 0 Å². The standard InChI is InChI=1S/13Na.9O.Sb/q13*+1;;5*-2;3*-1;. The van der Waals surface area contributed by atoms with Crippen molar-refractivity contribution < 1.29 is 425 Å². The van der Waals surface area contributed by atoms with Gasteiger partial charge in [0, 0.05) is 0 Å². The Morgan fingerprint density at radius 2 is 0.348 bits per heavy atom. The first-order valence-corrected chi connectivity index (χ1v) is 4.90. The number of hydrogen-bond acceptors (Lipinski definition) is 4. The Bertz CT molecular complexity index is 73.6. The average Bonchev–Trinajstić information content (AvgIpc) is 0.722. The summed E-state index contributed by atoms with van der Waals surface area (Å²) in [6, 6.07) is 0. The summed E-state index contributed by atoms with van der Waals surface area (Å²) in [6.07, 6.45) is 0. The van der Waals surface area contributed by atoms with Gasteiger partial charge in [-0.25, -0.2) is 0 Å². The van der Waals surface area contributed by atoms with Crippen molar-refractivity contribution >= 4 is 20.1 Å². The molecule has 0 rings (SSSR count). The molecule has 0 aromatic rings. The molecule has 0 aromatic heterocycles. The van der Waals surface area contributed by atoms with Crippen molar-refractivity contribution in [3.63, 3.8) is 0 Å². The van der Waals surface area contributed by atoms with E-state index in [0.717, 1.165) is 0 Å². The van der Waals surface area contributed by atoms with Gasteiger partial charge in [0.15, 0.2) is 0 Å². The minimum absolute atomic E-state index is 0. The molecular weight excluding hydrogens is 565 g/mol. The zero-order valence-corrected chi connectivity index (χ0v) is 45.7. The molecule has 0 aliphatic carbocycles. The number of hydrogen-bond donors (Lipinski definition) is 0. The third kappa shape index (κ3) is 221. The van der Waals surface area contributed by atoms with Crippen LogP contribution < -0.4 is 394 Å². The molecule has 0 unspecified atom stereocenters. The van der Waals surface area contributed by atoms with Gasteiger partial charge < -0.3 is 27.4 Å². The molecule has 0 heterocycles. The Kier molecular flexibility index (Phi) is 733. The molecule has 0 radical (unpaired) electrons. The van der Waals surface area contributed by atoms with Crippen molar-refractivity contribution in [3.05, 3.63) is 0 Å². The molecule has 0 fully saturated rings. The SMILES string of the molecule is [Na+].[Na+].[Na+].[Na+].[Na+].[Na+].[Na+].[Na+].[Na+].[Na+].[Na+].[Na+].[Na+].[O-2].[O-2].[O-2].[O-2].[O-2].[O]=[Sb]([O-])([O-])[O-]. The summed E-state index contributed by atoms with van der Waals surface area (Å²) in [7, 11) is 0. The van der Waals surface area contributed by atoms with E-state index in [1.54, 1.807) is 0 Å². The van der Waals surface area contributed by atoms with Crippen molar-refractivity contribution in [2.75, 3.05) is 0 Å². The molecule has 0 saturated heterocycles. The predicted molar refractivity (Wildman–Crippen MR) is 9.87 cm³/mol. The van der Waals surface area contributed by atoms with Crippen LogP contribution in [0.4, 0.5) is 0 Å². The van der Waals surface area contributed by atoms with Crippen LogP contribution in [0.15, 0.2) is 0 Å². The first kappa shape index (κ1) is 151. The van der Waals surface area contributed by atoms with Crippen molar-refractivity contribution in [3.8, 4) is 0 Å². The van der Waals surface area contributed by atoms with Gasteiger partial charge in [-0.05, 0) is 0 Å². The van der Waals surface area contributed by atoms with Gasteiger partial charge in [0.05, 0.1) is 0 Å². The van der Waals surface area contributed by atoms with E-state index in [4.69, 9.17) is 13.2 Å². The normalized spacial score (nSPS) is 2.57. The van der Waals surface area contributed by atoms with Crippen molar-refractivity contribution in [2.45, 2.75) is 0 Å². The van der Waals surface area contributed by atoms with Crippen molar-refractivity contribution in [1.29, 1.82) is 0 Å². The van der Waals surface area contributed by atoms with Crippen LogP contribution in [0.25, 0.3) is 0 Å². The van der Waals surface area contributed by atoms with Crippen LogP contribution in [0, 0.1) is 0 Å². The molecule has 0 amide bonds. The monoisotopic (exact) mass is 564 g/mol. The second-order valence-electron chi connectivity index (χ2n) is 0.447. The second-order valence-corrected chi connectivity index (χ2v) is 3.00. The minimum atomic E-state index is -6.10. The molecule has 0 atom stereocenters. The zero-order valence-electron chi connectivity index (χ0n) is 17.1. The third-order valence-corrected chi connectivity index (χ3v) is 0. The number of rotatable bonds is 0. The van der Waals surface area contributed by atoms with Gasteiger partial charge in [-0.3, -0.25) is 0 Å². The maximum atomic E-state index is 8.64. The van der Waals surface area contributed by atoms with E-state index in [9.17, 15) is 0 Å². The molecule has 23 heavy (non-hydrogen) atoms. The molecular formula is Na13O9Sb. The molecule has 0 aliphatic rings. The first-order valence-electron chi connectivity index (χ1n) is 0.730. The van der Waals surface area contributed by atoms with Crippen molar-refractivity contribution in [2.24, 2.45) is 0 Å². The molecule has 23 heteroatoms. The van der Waals surface area contributed by atoms with Gasteiger partial charge in [0.25, 0.3) is 0 Å². The maximum absolute atomic E-state index is 8.64. The quantitative estimate of drug-likeness (QED) is 0.261. The summed E-state index contributed by atoms with van der Waals surface area (Å²) in [5.41, 5.74) is 0. The first-order chi connectivity index (χ1) is 2.00. The van der Waals surface area contributed by atoms with Crippen molar-refractivity contribution in [1.82, 2.24) is 0 Å². The predicted octanol–water partition coefficient (Wildman–Crippen LogP) is -43.6. The van der Waals surface area contributed by atoms with Crippen LogP contribution in [-0.2, 0) is 30.4 Å². The van der Waals surface area contributed by atoms with E-state index in [1.165, 1.54) is 0 Å². The van der Waals surface area contributed by atoms with Crippen LogP contribution in [0.2, 0.25) is 0 Å². The fraction of sp³-hybridized carbons (Fsp3) is 0. The van der Waals surface area contributed by atoms with E-state index in [-0.39, 0.29) is 412 Å². The van der Waals surface area contributed by atoms with E-state index in [2.05, 4.69) is 0 Å². The Morgan fingerprint density at radius 1 is 0.348 bits per heavy atom.